The zero-order valence-electron chi connectivity index (χ0n) is 17.8. The van der Waals surface area contributed by atoms with E-state index in [-0.39, 0.29) is 28.1 Å². The fourth-order valence-electron chi connectivity index (χ4n) is 3.08. The lowest BCUT2D eigenvalue weighted by Crippen LogP contribution is -2.23. The zero-order valence-corrected chi connectivity index (χ0v) is 17.8. The number of halogens is 3. The molecule has 0 saturated heterocycles. The SMILES string of the molecule is COC(=O)c1ccc(C(=O)N/N=C(/C)c2c(C)[nH]n(-c3ccc(C(F)(F)F)cc3)c2=O)cc1. The van der Waals surface area contributed by atoms with Gasteiger partial charge in [-0.15, -0.1) is 0 Å². The van der Waals surface area contributed by atoms with Crippen molar-refractivity contribution in [3.63, 3.8) is 0 Å². The van der Waals surface area contributed by atoms with Gasteiger partial charge in [0.2, 0.25) is 0 Å². The smallest absolute Gasteiger partial charge is 0.416 e. The van der Waals surface area contributed by atoms with E-state index in [1.54, 1.807) is 6.92 Å². The van der Waals surface area contributed by atoms with Gasteiger partial charge in [0.15, 0.2) is 0 Å². The van der Waals surface area contributed by atoms with Crippen molar-refractivity contribution in [2.45, 2.75) is 20.0 Å². The van der Waals surface area contributed by atoms with Gasteiger partial charge in [0, 0.05) is 11.3 Å². The molecule has 1 amide bonds. The highest BCUT2D eigenvalue weighted by Gasteiger charge is 2.30. The van der Waals surface area contributed by atoms with Crippen LogP contribution in [-0.4, -0.2) is 34.5 Å². The average Bonchev–Trinajstić information content (AvgIpc) is 3.10. The summed E-state index contributed by atoms with van der Waals surface area (Å²) in [5.74, 6) is -1.11. The standard InChI is InChI=1S/C22H19F3N4O4/c1-12(26-27-19(30)14-4-6-15(7-5-14)21(32)33-3)18-13(2)28-29(20(18)31)17-10-8-16(9-11-17)22(23,24)25/h4-11,28H,1-3H3,(H,27,30)/b26-12-. The molecule has 2 N–H and O–H groups in total. The van der Waals surface area contributed by atoms with Crippen molar-refractivity contribution in [2.24, 2.45) is 5.10 Å². The molecule has 3 aromatic rings. The van der Waals surface area contributed by atoms with Gasteiger partial charge in [0.1, 0.15) is 0 Å². The molecule has 0 aliphatic heterocycles. The minimum Gasteiger partial charge on any atom is -0.465 e. The number of H-pyrrole nitrogens is 1. The largest absolute Gasteiger partial charge is 0.465 e. The van der Waals surface area contributed by atoms with E-state index in [0.29, 0.717) is 5.69 Å². The van der Waals surface area contributed by atoms with Crippen molar-refractivity contribution in [1.29, 1.82) is 0 Å². The third-order valence-electron chi connectivity index (χ3n) is 4.78. The molecule has 0 bridgehead atoms. The van der Waals surface area contributed by atoms with Gasteiger partial charge < -0.3 is 4.74 Å². The number of aromatic nitrogens is 2. The Morgan fingerprint density at radius 2 is 1.61 bits per heavy atom. The summed E-state index contributed by atoms with van der Waals surface area (Å²) in [5, 5.41) is 6.76. The molecular formula is C22H19F3N4O4. The molecule has 172 valence electrons. The molecule has 0 aliphatic carbocycles. The van der Waals surface area contributed by atoms with Gasteiger partial charge in [-0.05, 0) is 62.4 Å². The number of hydrazone groups is 1. The van der Waals surface area contributed by atoms with Crippen LogP contribution in [0.4, 0.5) is 13.2 Å². The predicted octanol–water partition coefficient (Wildman–Crippen LogP) is 3.43. The van der Waals surface area contributed by atoms with E-state index in [1.165, 1.54) is 50.4 Å². The first-order valence-corrected chi connectivity index (χ1v) is 9.55. The number of aryl methyl sites for hydroxylation is 1. The Morgan fingerprint density at radius 1 is 1.03 bits per heavy atom. The number of benzene rings is 2. The Labute approximate surface area is 185 Å². The molecule has 3 rings (SSSR count). The monoisotopic (exact) mass is 460 g/mol. The number of nitrogens with one attached hydrogen (secondary N) is 2. The number of carbonyl (C=O) groups is 2. The zero-order chi connectivity index (χ0) is 24.3. The van der Waals surface area contributed by atoms with Crippen molar-refractivity contribution in [2.75, 3.05) is 7.11 Å². The van der Waals surface area contributed by atoms with Crippen LogP contribution in [-0.2, 0) is 10.9 Å². The van der Waals surface area contributed by atoms with E-state index < -0.39 is 29.2 Å². The van der Waals surface area contributed by atoms with Crippen molar-refractivity contribution in [3.8, 4) is 5.69 Å². The van der Waals surface area contributed by atoms with Crippen LogP contribution in [0.25, 0.3) is 5.69 Å². The van der Waals surface area contributed by atoms with Crippen LogP contribution in [0, 0.1) is 6.92 Å². The number of rotatable bonds is 5. The Morgan fingerprint density at radius 3 is 2.15 bits per heavy atom. The van der Waals surface area contributed by atoms with E-state index in [4.69, 9.17) is 0 Å². The van der Waals surface area contributed by atoms with Crippen LogP contribution in [0.2, 0.25) is 0 Å². The van der Waals surface area contributed by atoms with Gasteiger partial charge in [-0.25, -0.2) is 14.9 Å². The topological polar surface area (TPSA) is 106 Å². The highest BCUT2D eigenvalue weighted by Crippen LogP contribution is 2.29. The molecule has 33 heavy (non-hydrogen) atoms. The van der Waals surface area contributed by atoms with Crippen LogP contribution in [0.1, 0.15) is 44.5 Å². The second kappa shape index (κ2) is 9.15. The van der Waals surface area contributed by atoms with Crippen LogP contribution in [0.5, 0.6) is 0 Å². The molecule has 0 aliphatic rings. The van der Waals surface area contributed by atoms with E-state index in [2.05, 4.69) is 20.4 Å². The lowest BCUT2D eigenvalue weighted by Gasteiger charge is -2.07. The second-order valence-electron chi connectivity index (χ2n) is 7.00. The molecule has 11 heteroatoms. The number of hydrogen-bond donors (Lipinski definition) is 2. The van der Waals surface area contributed by atoms with Gasteiger partial charge in [0.05, 0.1) is 35.2 Å². The molecule has 0 saturated carbocycles. The first-order valence-electron chi connectivity index (χ1n) is 9.55. The summed E-state index contributed by atoms with van der Waals surface area (Å²) in [4.78, 5) is 36.6. The van der Waals surface area contributed by atoms with E-state index in [9.17, 15) is 27.6 Å². The maximum Gasteiger partial charge on any atom is 0.416 e. The molecule has 2 aromatic carbocycles. The van der Waals surface area contributed by atoms with Crippen molar-refractivity contribution >= 4 is 17.6 Å². The summed E-state index contributed by atoms with van der Waals surface area (Å²) in [6, 6.07) is 9.81. The number of hydrogen-bond acceptors (Lipinski definition) is 5. The van der Waals surface area contributed by atoms with Crippen LogP contribution < -0.4 is 11.0 Å². The lowest BCUT2D eigenvalue weighted by atomic mass is 10.1. The molecule has 0 atom stereocenters. The number of methoxy groups -OCH3 is 1. The highest BCUT2D eigenvalue weighted by molar-refractivity contribution is 6.01. The maximum absolute atomic E-state index is 12.8. The van der Waals surface area contributed by atoms with E-state index in [1.807, 2.05) is 0 Å². The molecule has 0 spiro atoms. The molecular weight excluding hydrogens is 441 g/mol. The summed E-state index contributed by atoms with van der Waals surface area (Å²) in [7, 11) is 1.25. The number of nitrogens with zero attached hydrogens (tertiary/aromatic N) is 2. The average molecular weight is 460 g/mol. The molecule has 8 nitrogen and oxygen atoms in total. The Bertz CT molecular complexity index is 1270. The van der Waals surface area contributed by atoms with Gasteiger partial charge in [-0.3, -0.25) is 14.7 Å². The van der Waals surface area contributed by atoms with E-state index in [0.717, 1.165) is 16.8 Å². The third kappa shape index (κ3) is 5.03. The molecule has 1 heterocycles. The van der Waals surface area contributed by atoms with Gasteiger partial charge in [0.25, 0.3) is 11.5 Å². The van der Waals surface area contributed by atoms with Gasteiger partial charge >= 0.3 is 12.1 Å². The number of alkyl halides is 3. The molecule has 1 aromatic heterocycles. The minimum absolute atomic E-state index is 0.163. The van der Waals surface area contributed by atoms with Crippen LogP contribution in [0.3, 0.4) is 0 Å². The number of aromatic amines is 1. The predicted molar refractivity (Wildman–Crippen MR) is 114 cm³/mol. The summed E-state index contributed by atoms with van der Waals surface area (Å²) >= 11 is 0. The molecule has 0 radical (unpaired) electrons. The Kier molecular flexibility index (Phi) is 6.52. The summed E-state index contributed by atoms with van der Waals surface area (Å²) in [6.45, 7) is 3.11. The first-order chi connectivity index (χ1) is 15.5. The van der Waals surface area contributed by atoms with Crippen LogP contribution >= 0.6 is 0 Å². The molecule has 0 unspecified atom stereocenters. The number of ether oxygens (including phenoxy) is 1. The fraction of sp³-hybridized carbons (Fsp3) is 0.182. The maximum atomic E-state index is 12.8. The van der Waals surface area contributed by atoms with Crippen LogP contribution in [0.15, 0.2) is 58.4 Å². The molecule has 0 fully saturated rings. The van der Waals surface area contributed by atoms with Gasteiger partial charge in [-0.1, -0.05) is 0 Å². The minimum atomic E-state index is -4.48. The number of esters is 1. The highest BCUT2D eigenvalue weighted by atomic mass is 19.4. The quantitative estimate of drug-likeness (QED) is 0.346. The number of amides is 1. The van der Waals surface area contributed by atoms with E-state index >= 15 is 0 Å². The lowest BCUT2D eigenvalue weighted by molar-refractivity contribution is -0.137. The second-order valence-corrected chi connectivity index (χ2v) is 7.00. The first kappa shape index (κ1) is 23.5. The summed E-state index contributed by atoms with van der Waals surface area (Å²) in [5.41, 5.74) is 2.46. The normalized spacial score (nSPS) is 11.9. The van der Waals surface area contributed by atoms with Gasteiger partial charge in [-0.2, -0.15) is 18.3 Å². The Balaban J connectivity index is 1.81. The van der Waals surface area contributed by atoms with Crippen molar-refractivity contribution in [3.05, 3.63) is 86.8 Å². The summed E-state index contributed by atoms with van der Waals surface area (Å²) in [6.07, 6.45) is -4.48. The number of carbonyl (C=O) groups excluding carboxylic acids is 2. The fourth-order valence-corrected chi connectivity index (χ4v) is 3.08. The summed E-state index contributed by atoms with van der Waals surface area (Å²) < 4.78 is 44.0. The Hall–Kier alpha value is -4.15. The third-order valence-corrected chi connectivity index (χ3v) is 4.78. The van der Waals surface area contributed by atoms with Crippen molar-refractivity contribution < 1.29 is 27.5 Å². The van der Waals surface area contributed by atoms with Crippen molar-refractivity contribution in [1.82, 2.24) is 15.2 Å².